The van der Waals surface area contributed by atoms with Gasteiger partial charge in [-0.05, 0) is 61.1 Å². The number of rotatable bonds is 6. The highest BCUT2D eigenvalue weighted by atomic mass is 16.2. The van der Waals surface area contributed by atoms with E-state index in [0.29, 0.717) is 31.7 Å². The molecule has 3 heterocycles. The summed E-state index contributed by atoms with van der Waals surface area (Å²) in [5.41, 5.74) is 2.78. The summed E-state index contributed by atoms with van der Waals surface area (Å²) < 4.78 is 0. The number of nitrogens with zero attached hydrogens (tertiary/aromatic N) is 3. The summed E-state index contributed by atoms with van der Waals surface area (Å²) in [7, 11) is 1.78. The number of H-pyrrole nitrogens is 1. The van der Waals surface area contributed by atoms with Crippen molar-refractivity contribution in [3.05, 3.63) is 66.0 Å². The summed E-state index contributed by atoms with van der Waals surface area (Å²) in [6, 6.07) is 13.5. The largest absolute Gasteiger partial charge is 0.357 e. The number of para-hydroxylation sites is 1. The SMILES string of the molecule is CC(=O)N1CCC(C(=O)Nc2ccc(C=CC(=O)N(C)C(C)c3cc4ccccc4[nH]3)cn2)CC1. The molecule has 3 aromatic rings. The van der Waals surface area contributed by atoms with E-state index in [1.54, 1.807) is 42.1 Å². The summed E-state index contributed by atoms with van der Waals surface area (Å²) in [6.45, 7) is 4.74. The zero-order chi connectivity index (χ0) is 24.9. The molecule has 0 spiro atoms. The molecule has 4 rings (SSSR count). The van der Waals surface area contributed by atoms with Crippen LogP contribution in [0.15, 0.2) is 54.7 Å². The molecule has 0 bridgehead atoms. The van der Waals surface area contributed by atoms with E-state index in [1.165, 1.54) is 6.08 Å². The second-order valence-corrected chi connectivity index (χ2v) is 9.02. The van der Waals surface area contributed by atoms with Gasteiger partial charge in [0.25, 0.3) is 0 Å². The number of pyridine rings is 1. The lowest BCUT2D eigenvalue weighted by molar-refractivity contribution is -0.132. The third kappa shape index (κ3) is 5.77. The van der Waals surface area contributed by atoms with Crippen molar-refractivity contribution in [3.63, 3.8) is 0 Å². The Hall–Kier alpha value is -3.94. The number of carbonyl (C=O) groups is 3. The number of hydrogen-bond donors (Lipinski definition) is 2. The first kappa shape index (κ1) is 24.2. The third-order valence-electron chi connectivity index (χ3n) is 6.70. The lowest BCUT2D eigenvalue weighted by atomic mass is 9.96. The van der Waals surface area contributed by atoms with Gasteiger partial charge in [-0.15, -0.1) is 0 Å². The van der Waals surface area contributed by atoms with Gasteiger partial charge in [-0.3, -0.25) is 14.4 Å². The Labute approximate surface area is 205 Å². The van der Waals surface area contributed by atoms with Crippen LogP contribution in [0.25, 0.3) is 17.0 Å². The van der Waals surface area contributed by atoms with Crippen molar-refractivity contribution in [1.29, 1.82) is 0 Å². The number of fused-ring (bicyclic) bond motifs is 1. The Morgan fingerprint density at radius 1 is 1.17 bits per heavy atom. The molecule has 2 aromatic heterocycles. The Kier molecular flexibility index (Phi) is 7.29. The predicted molar refractivity (Wildman–Crippen MR) is 136 cm³/mol. The molecule has 2 N–H and O–H groups in total. The van der Waals surface area contributed by atoms with Crippen molar-refractivity contribution in [1.82, 2.24) is 19.8 Å². The molecular weight excluding hydrogens is 442 g/mol. The van der Waals surface area contributed by atoms with E-state index < -0.39 is 0 Å². The Bertz CT molecular complexity index is 1210. The van der Waals surface area contributed by atoms with Gasteiger partial charge in [0.1, 0.15) is 5.82 Å². The summed E-state index contributed by atoms with van der Waals surface area (Å²) in [5, 5.41) is 3.97. The van der Waals surface area contributed by atoms with E-state index in [4.69, 9.17) is 0 Å². The maximum atomic E-state index is 12.7. The van der Waals surface area contributed by atoms with Gasteiger partial charge >= 0.3 is 0 Å². The molecule has 0 saturated carbocycles. The van der Waals surface area contributed by atoms with Crippen molar-refractivity contribution in [2.24, 2.45) is 5.92 Å². The monoisotopic (exact) mass is 473 g/mol. The van der Waals surface area contributed by atoms with Gasteiger partial charge in [0.05, 0.1) is 6.04 Å². The molecule has 1 fully saturated rings. The standard InChI is InChI=1S/C27H31N5O3/c1-18(24-16-22-6-4-5-7-23(22)29-24)31(3)26(34)11-9-20-8-10-25(28-17-20)30-27(35)21-12-14-32(15-13-21)19(2)33/h4-11,16-18,21,29H,12-15H2,1-3H3,(H,28,30,35). The first-order valence-corrected chi connectivity index (χ1v) is 11.9. The molecule has 35 heavy (non-hydrogen) atoms. The van der Waals surface area contributed by atoms with Gasteiger partial charge in [-0.25, -0.2) is 4.98 Å². The summed E-state index contributed by atoms with van der Waals surface area (Å²) >= 11 is 0. The molecule has 0 aliphatic carbocycles. The van der Waals surface area contributed by atoms with Crippen LogP contribution in [0.5, 0.6) is 0 Å². The molecule has 1 unspecified atom stereocenters. The molecule has 8 heteroatoms. The molecule has 1 aromatic carbocycles. The van der Waals surface area contributed by atoms with Crippen molar-refractivity contribution in [2.75, 3.05) is 25.5 Å². The van der Waals surface area contributed by atoms with Gasteiger partial charge in [-0.2, -0.15) is 0 Å². The number of benzene rings is 1. The average molecular weight is 474 g/mol. The Morgan fingerprint density at radius 2 is 1.91 bits per heavy atom. The molecule has 182 valence electrons. The quantitative estimate of drug-likeness (QED) is 0.529. The number of carbonyl (C=O) groups excluding carboxylic acids is 3. The molecule has 1 atom stereocenters. The zero-order valence-corrected chi connectivity index (χ0v) is 20.3. The lowest BCUT2D eigenvalue weighted by Gasteiger charge is -2.30. The van der Waals surface area contributed by atoms with Crippen molar-refractivity contribution >= 4 is 40.5 Å². The fourth-order valence-electron chi connectivity index (χ4n) is 4.27. The highest BCUT2D eigenvalue weighted by Crippen LogP contribution is 2.24. The number of aromatic amines is 1. The zero-order valence-electron chi connectivity index (χ0n) is 20.3. The Morgan fingerprint density at radius 3 is 2.57 bits per heavy atom. The smallest absolute Gasteiger partial charge is 0.246 e. The molecular formula is C27H31N5O3. The minimum Gasteiger partial charge on any atom is -0.357 e. The van der Waals surface area contributed by atoms with Crippen LogP contribution in [-0.2, 0) is 14.4 Å². The first-order chi connectivity index (χ1) is 16.8. The molecule has 3 amide bonds. The fourth-order valence-corrected chi connectivity index (χ4v) is 4.27. The van der Waals surface area contributed by atoms with Crippen LogP contribution in [0.3, 0.4) is 0 Å². The number of aromatic nitrogens is 2. The number of likely N-dealkylation sites (tertiary alicyclic amines) is 1. The van der Waals surface area contributed by atoms with E-state index in [-0.39, 0.29) is 29.7 Å². The minimum absolute atomic E-state index is 0.0474. The van der Waals surface area contributed by atoms with Gasteiger partial charge in [-0.1, -0.05) is 18.2 Å². The second kappa shape index (κ2) is 10.5. The average Bonchev–Trinajstić information content (AvgIpc) is 3.31. The Balaban J connectivity index is 1.31. The van der Waals surface area contributed by atoms with Gasteiger partial charge < -0.3 is 20.1 Å². The van der Waals surface area contributed by atoms with E-state index in [0.717, 1.165) is 22.2 Å². The second-order valence-electron chi connectivity index (χ2n) is 9.02. The van der Waals surface area contributed by atoms with Crippen LogP contribution in [0.1, 0.15) is 44.0 Å². The van der Waals surface area contributed by atoms with Gasteiger partial charge in [0, 0.05) is 56.5 Å². The molecule has 1 aliphatic rings. The van der Waals surface area contributed by atoms with Crippen LogP contribution in [0.4, 0.5) is 5.82 Å². The third-order valence-corrected chi connectivity index (χ3v) is 6.70. The summed E-state index contributed by atoms with van der Waals surface area (Å²) in [6.07, 6.45) is 6.17. The number of hydrogen-bond acceptors (Lipinski definition) is 4. The predicted octanol–water partition coefficient (Wildman–Crippen LogP) is 3.99. The van der Waals surface area contributed by atoms with E-state index >= 15 is 0 Å². The lowest BCUT2D eigenvalue weighted by Crippen LogP contribution is -2.40. The topological polar surface area (TPSA) is 98.4 Å². The molecule has 1 aliphatic heterocycles. The van der Waals surface area contributed by atoms with Gasteiger partial charge in [0.2, 0.25) is 17.7 Å². The summed E-state index contributed by atoms with van der Waals surface area (Å²) in [4.78, 5) is 47.8. The normalized spacial score (nSPS) is 15.3. The van der Waals surface area contributed by atoms with E-state index in [9.17, 15) is 14.4 Å². The molecule has 0 radical (unpaired) electrons. The molecule has 8 nitrogen and oxygen atoms in total. The number of piperidine rings is 1. The van der Waals surface area contributed by atoms with E-state index in [2.05, 4.69) is 21.4 Å². The number of likely N-dealkylation sites (N-methyl/N-ethyl adjacent to an activating group) is 1. The van der Waals surface area contributed by atoms with Crippen molar-refractivity contribution in [3.8, 4) is 0 Å². The summed E-state index contributed by atoms with van der Waals surface area (Å²) in [5.74, 6) is 0.194. The number of nitrogens with one attached hydrogen (secondary N) is 2. The maximum Gasteiger partial charge on any atom is 0.246 e. The highest BCUT2D eigenvalue weighted by molar-refractivity contribution is 5.93. The highest BCUT2D eigenvalue weighted by Gasteiger charge is 2.26. The maximum absolute atomic E-state index is 12.7. The van der Waals surface area contributed by atoms with Crippen LogP contribution < -0.4 is 5.32 Å². The van der Waals surface area contributed by atoms with Crippen LogP contribution in [0, 0.1) is 5.92 Å². The van der Waals surface area contributed by atoms with Gasteiger partial charge in [0.15, 0.2) is 0 Å². The van der Waals surface area contributed by atoms with Crippen molar-refractivity contribution < 1.29 is 14.4 Å². The number of amides is 3. The van der Waals surface area contributed by atoms with Crippen LogP contribution in [-0.4, -0.2) is 57.6 Å². The fraction of sp³-hybridized carbons (Fsp3) is 0.333. The van der Waals surface area contributed by atoms with E-state index in [1.807, 2.05) is 37.3 Å². The van der Waals surface area contributed by atoms with Crippen LogP contribution >= 0.6 is 0 Å². The first-order valence-electron chi connectivity index (χ1n) is 11.9. The molecule has 1 saturated heterocycles. The minimum atomic E-state index is -0.126. The van der Waals surface area contributed by atoms with Crippen LogP contribution in [0.2, 0.25) is 0 Å². The van der Waals surface area contributed by atoms with Crippen molar-refractivity contribution in [2.45, 2.75) is 32.7 Å². The number of anilines is 1.